The third-order valence-corrected chi connectivity index (χ3v) is 3.64. The number of hydrogen-bond donors (Lipinski definition) is 1. The van der Waals surface area contributed by atoms with Gasteiger partial charge in [-0.15, -0.1) is 0 Å². The molecule has 1 aromatic heterocycles. The molecule has 0 aliphatic heterocycles. The lowest BCUT2D eigenvalue weighted by atomic mass is 9.92. The van der Waals surface area contributed by atoms with Crippen LogP contribution in [0.5, 0.6) is 0 Å². The molecule has 2 aromatic carbocycles. The van der Waals surface area contributed by atoms with Crippen LogP contribution in [0.25, 0.3) is 11.0 Å². The van der Waals surface area contributed by atoms with Gasteiger partial charge >= 0.3 is 0 Å². The molecule has 2 nitrogen and oxygen atoms in total. The van der Waals surface area contributed by atoms with Crippen LogP contribution >= 0.6 is 0 Å². The first-order chi connectivity index (χ1) is 9.25. The van der Waals surface area contributed by atoms with Gasteiger partial charge < -0.3 is 10.2 Å². The molecule has 3 aromatic rings. The molecular formula is C17H17NO. The molecule has 0 amide bonds. The van der Waals surface area contributed by atoms with Crippen LogP contribution in [0, 0.1) is 0 Å². The molecular weight excluding hydrogens is 234 g/mol. The average Bonchev–Trinajstić information content (AvgIpc) is 2.90. The van der Waals surface area contributed by atoms with E-state index in [1.54, 1.807) is 0 Å². The number of nitrogens with two attached hydrogens (primary N) is 1. The minimum atomic E-state index is -0.130. The second-order valence-corrected chi connectivity index (χ2v) is 4.91. The van der Waals surface area contributed by atoms with E-state index in [1.807, 2.05) is 48.5 Å². The molecule has 0 aliphatic carbocycles. The van der Waals surface area contributed by atoms with Gasteiger partial charge in [0.25, 0.3) is 0 Å². The third-order valence-electron chi connectivity index (χ3n) is 3.64. The van der Waals surface area contributed by atoms with Crippen LogP contribution < -0.4 is 5.73 Å². The van der Waals surface area contributed by atoms with Crippen LogP contribution in [0.3, 0.4) is 0 Å². The minimum Gasteiger partial charge on any atom is -0.459 e. The summed E-state index contributed by atoms with van der Waals surface area (Å²) in [5, 5.41) is 1.10. The molecule has 2 N–H and O–H groups in total. The Labute approximate surface area is 112 Å². The van der Waals surface area contributed by atoms with E-state index in [2.05, 4.69) is 19.1 Å². The van der Waals surface area contributed by atoms with Crippen molar-refractivity contribution in [2.24, 2.45) is 5.73 Å². The lowest BCUT2D eigenvalue weighted by Gasteiger charge is -2.18. The van der Waals surface area contributed by atoms with E-state index in [0.717, 1.165) is 16.7 Å². The Balaban J connectivity index is 1.93. The Kier molecular flexibility index (Phi) is 3.10. The zero-order chi connectivity index (χ0) is 13.2. The van der Waals surface area contributed by atoms with E-state index in [9.17, 15) is 0 Å². The lowest BCUT2D eigenvalue weighted by Crippen LogP contribution is -2.16. The summed E-state index contributed by atoms with van der Waals surface area (Å²) >= 11 is 0. The Morgan fingerprint density at radius 2 is 1.63 bits per heavy atom. The van der Waals surface area contributed by atoms with Crippen molar-refractivity contribution in [3.8, 4) is 0 Å². The predicted octanol–water partition coefficient (Wildman–Crippen LogP) is 4.24. The number of hydrogen-bond acceptors (Lipinski definition) is 2. The summed E-state index contributed by atoms with van der Waals surface area (Å²) in [5.74, 6) is 1.07. The first kappa shape index (κ1) is 12.0. The summed E-state index contributed by atoms with van der Waals surface area (Å²) in [5.41, 5.74) is 8.47. The average molecular weight is 251 g/mol. The third kappa shape index (κ3) is 2.27. The van der Waals surface area contributed by atoms with Crippen LogP contribution in [-0.2, 0) is 0 Å². The van der Waals surface area contributed by atoms with Crippen molar-refractivity contribution in [2.45, 2.75) is 18.9 Å². The van der Waals surface area contributed by atoms with Crippen LogP contribution in [0.15, 0.2) is 65.1 Å². The van der Waals surface area contributed by atoms with Crippen molar-refractivity contribution in [1.82, 2.24) is 0 Å². The normalized spacial score (nSPS) is 14.4. The molecule has 0 radical (unpaired) electrons. The molecule has 96 valence electrons. The first-order valence-electron chi connectivity index (χ1n) is 6.54. The van der Waals surface area contributed by atoms with Crippen molar-refractivity contribution in [2.75, 3.05) is 0 Å². The van der Waals surface area contributed by atoms with Gasteiger partial charge in [-0.05, 0) is 17.7 Å². The highest BCUT2D eigenvalue weighted by Crippen LogP contribution is 2.31. The molecule has 1 heterocycles. The van der Waals surface area contributed by atoms with Gasteiger partial charge in [-0.1, -0.05) is 55.5 Å². The second kappa shape index (κ2) is 4.90. The molecule has 0 fully saturated rings. The summed E-state index contributed by atoms with van der Waals surface area (Å²) in [6, 6.07) is 20.2. The van der Waals surface area contributed by atoms with E-state index < -0.39 is 0 Å². The summed E-state index contributed by atoms with van der Waals surface area (Å²) < 4.78 is 5.85. The van der Waals surface area contributed by atoms with Gasteiger partial charge in [0.2, 0.25) is 0 Å². The van der Waals surface area contributed by atoms with E-state index in [-0.39, 0.29) is 12.0 Å². The van der Waals surface area contributed by atoms with Gasteiger partial charge in [0.15, 0.2) is 0 Å². The summed E-state index contributed by atoms with van der Waals surface area (Å²) in [4.78, 5) is 0. The Morgan fingerprint density at radius 3 is 2.37 bits per heavy atom. The fraction of sp³-hybridized carbons (Fsp3) is 0.176. The molecule has 3 rings (SSSR count). The highest BCUT2D eigenvalue weighted by atomic mass is 16.3. The van der Waals surface area contributed by atoms with Crippen molar-refractivity contribution < 1.29 is 4.42 Å². The first-order valence-corrected chi connectivity index (χ1v) is 6.54. The molecule has 0 spiro atoms. The van der Waals surface area contributed by atoms with Crippen LogP contribution in [-0.4, -0.2) is 0 Å². The number of para-hydroxylation sites is 1. The van der Waals surface area contributed by atoms with E-state index >= 15 is 0 Å². The zero-order valence-corrected chi connectivity index (χ0v) is 10.9. The van der Waals surface area contributed by atoms with Gasteiger partial charge in [0.05, 0.1) is 6.04 Å². The van der Waals surface area contributed by atoms with E-state index in [4.69, 9.17) is 10.2 Å². The fourth-order valence-corrected chi connectivity index (χ4v) is 2.38. The quantitative estimate of drug-likeness (QED) is 0.756. The lowest BCUT2D eigenvalue weighted by molar-refractivity contribution is 0.458. The largest absolute Gasteiger partial charge is 0.459 e. The maximum absolute atomic E-state index is 6.34. The van der Waals surface area contributed by atoms with Gasteiger partial charge in [0, 0.05) is 11.3 Å². The summed E-state index contributed by atoms with van der Waals surface area (Å²) in [7, 11) is 0. The molecule has 2 heteroatoms. The maximum atomic E-state index is 6.34. The van der Waals surface area contributed by atoms with Gasteiger partial charge in [0.1, 0.15) is 11.3 Å². The van der Waals surface area contributed by atoms with Crippen molar-refractivity contribution in [1.29, 1.82) is 0 Å². The number of benzene rings is 2. The van der Waals surface area contributed by atoms with E-state index in [1.165, 1.54) is 5.56 Å². The fourth-order valence-electron chi connectivity index (χ4n) is 2.38. The van der Waals surface area contributed by atoms with Gasteiger partial charge in [-0.3, -0.25) is 0 Å². The van der Waals surface area contributed by atoms with Gasteiger partial charge in [-0.25, -0.2) is 0 Å². The molecule has 0 saturated carbocycles. The van der Waals surface area contributed by atoms with Crippen LogP contribution in [0.4, 0.5) is 0 Å². The molecule has 2 unspecified atom stereocenters. The van der Waals surface area contributed by atoms with Crippen molar-refractivity contribution >= 4 is 11.0 Å². The second-order valence-electron chi connectivity index (χ2n) is 4.91. The highest BCUT2D eigenvalue weighted by molar-refractivity contribution is 5.77. The molecule has 0 saturated heterocycles. The van der Waals surface area contributed by atoms with Crippen molar-refractivity contribution in [3.63, 3.8) is 0 Å². The SMILES string of the molecule is CC(c1ccccc1)C(N)c1cc2ccccc2o1. The van der Waals surface area contributed by atoms with Crippen LogP contribution in [0.1, 0.15) is 30.2 Å². The predicted molar refractivity (Wildman–Crippen MR) is 78.0 cm³/mol. The van der Waals surface area contributed by atoms with Gasteiger partial charge in [-0.2, -0.15) is 0 Å². The molecule has 0 aliphatic rings. The topological polar surface area (TPSA) is 39.2 Å². The number of rotatable bonds is 3. The van der Waals surface area contributed by atoms with Crippen molar-refractivity contribution in [3.05, 3.63) is 72.0 Å². The highest BCUT2D eigenvalue weighted by Gasteiger charge is 2.20. The van der Waals surface area contributed by atoms with E-state index in [0.29, 0.717) is 0 Å². The standard InChI is InChI=1S/C17H17NO/c1-12(13-7-3-2-4-8-13)17(18)16-11-14-9-5-6-10-15(14)19-16/h2-12,17H,18H2,1H3. The molecule has 2 atom stereocenters. The smallest absolute Gasteiger partial charge is 0.134 e. The summed E-state index contributed by atoms with van der Waals surface area (Å²) in [6.07, 6.45) is 0. The molecule has 0 bridgehead atoms. The minimum absolute atomic E-state index is 0.130. The zero-order valence-electron chi connectivity index (χ0n) is 10.9. The maximum Gasteiger partial charge on any atom is 0.134 e. The summed E-state index contributed by atoms with van der Waals surface area (Å²) in [6.45, 7) is 2.13. The number of furan rings is 1. The Morgan fingerprint density at radius 1 is 0.947 bits per heavy atom. The Bertz CT molecular complexity index is 639. The number of fused-ring (bicyclic) bond motifs is 1. The monoisotopic (exact) mass is 251 g/mol. The van der Waals surface area contributed by atoms with Crippen LogP contribution in [0.2, 0.25) is 0 Å². The Hall–Kier alpha value is -2.06. The molecule has 19 heavy (non-hydrogen) atoms.